The molecule has 38 heavy (non-hydrogen) atoms. The minimum Gasteiger partial charge on any atom is -0.493 e. The van der Waals surface area contributed by atoms with Crippen LogP contribution in [0.2, 0.25) is 0 Å². The summed E-state index contributed by atoms with van der Waals surface area (Å²) >= 11 is 6.95. The summed E-state index contributed by atoms with van der Waals surface area (Å²) in [6, 6.07) is 16.1. The third kappa shape index (κ3) is 8.22. The lowest BCUT2D eigenvalue weighted by molar-refractivity contribution is -0.120. The topological polar surface area (TPSA) is 107 Å². The monoisotopic (exact) mass is 647 g/mol. The Morgan fingerprint density at radius 2 is 1.66 bits per heavy atom. The van der Waals surface area contributed by atoms with E-state index in [4.69, 9.17) is 18.9 Å². The number of hydrogen-bond donors (Lipinski definition) is 2. The van der Waals surface area contributed by atoms with Crippen molar-refractivity contribution in [2.45, 2.75) is 13.5 Å². The lowest BCUT2D eigenvalue weighted by Gasteiger charge is -2.14. The number of halogens is 2. The van der Waals surface area contributed by atoms with E-state index in [1.54, 1.807) is 24.3 Å². The van der Waals surface area contributed by atoms with E-state index in [9.17, 15) is 9.59 Å². The van der Waals surface area contributed by atoms with Crippen molar-refractivity contribution in [1.29, 1.82) is 0 Å². The standard InChI is InChI=1S/C27H27Br2N3O6/c1-4-37-24-12-18(11-21(29)26(24)38-16-17-5-8-20(28)9-6-17)14-31-32-25(33)15-30-27(34)19-7-10-22(35-2)23(13-19)36-3/h5-14H,4,15-16H2,1-3H3,(H,30,34)(H,32,33). The second-order valence-electron chi connectivity index (χ2n) is 7.72. The lowest BCUT2D eigenvalue weighted by atomic mass is 10.2. The second kappa shape index (κ2) is 14.4. The maximum atomic E-state index is 12.4. The Hall–Kier alpha value is -3.57. The van der Waals surface area contributed by atoms with E-state index >= 15 is 0 Å². The van der Waals surface area contributed by atoms with Gasteiger partial charge in [-0.3, -0.25) is 9.59 Å². The number of amides is 2. The SMILES string of the molecule is CCOc1cc(C=NNC(=O)CNC(=O)c2ccc(OC)c(OC)c2)cc(Br)c1OCc1ccc(Br)cc1. The van der Waals surface area contributed by atoms with Gasteiger partial charge >= 0.3 is 0 Å². The van der Waals surface area contributed by atoms with E-state index in [0.29, 0.717) is 51.8 Å². The summed E-state index contributed by atoms with van der Waals surface area (Å²) in [5.41, 5.74) is 4.40. The molecule has 0 unspecified atom stereocenters. The van der Waals surface area contributed by atoms with Gasteiger partial charge in [-0.2, -0.15) is 5.10 Å². The van der Waals surface area contributed by atoms with Gasteiger partial charge in [0.1, 0.15) is 6.61 Å². The minimum absolute atomic E-state index is 0.263. The second-order valence-corrected chi connectivity index (χ2v) is 9.49. The van der Waals surface area contributed by atoms with Gasteiger partial charge in [-0.1, -0.05) is 28.1 Å². The van der Waals surface area contributed by atoms with Crippen LogP contribution in [0.5, 0.6) is 23.0 Å². The Morgan fingerprint density at radius 3 is 2.34 bits per heavy atom. The van der Waals surface area contributed by atoms with Crippen molar-refractivity contribution in [3.63, 3.8) is 0 Å². The molecule has 3 rings (SSSR count). The molecule has 3 aromatic rings. The average molecular weight is 649 g/mol. The van der Waals surface area contributed by atoms with E-state index in [1.165, 1.54) is 26.5 Å². The number of nitrogens with one attached hydrogen (secondary N) is 2. The molecule has 0 aliphatic carbocycles. The number of nitrogens with zero attached hydrogens (tertiary/aromatic N) is 1. The fourth-order valence-corrected chi connectivity index (χ4v) is 4.10. The predicted octanol–water partition coefficient (Wildman–Crippen LogP) is 5.09. The molecule has 2 N–H and O–H groups in total. The van der Waals surface area contributed by atoms with Crippen LogP contribution in [0, 0.1) is 0 Å². The van der Waals surface area contributed by atoms with E-state index < -0.39 is 11.8 Å². The van der Waals surface area contributed by atoms with Gasteiger partial charge in [-0.15, -0.1) is 0 Å². The normalized spacial score (nSPS) is 10.7. The Labute approximate surface area is 237 Å². The van der Waals surface area contributed by atoms with E-state index in [1.807, 2.05) is 31.2 Å². The predicted molar refractivity (Wildman–Crippen MR) is 151 cm³/mol. The molecule has 0 aliphatic heterocycles. The highest BCUT2D eigenvalue weighted by Gasteiger charge is 2.14. The zero-order chi connectivity index (χ0) is 27.5. The number of rotatable bonds is 12. The van der Waals surface area contributed by atoms with Gasteiger partial charge in [0.2, 0.25) is 0 Å². The van der Waals surface area contributed by atoms with Gasteiger partial charge in [0.25, 0.3) is 11.8 Å². The summed E-state index contributed by atoms with van der Waals surface area (Å²) in [6.07, 6.45) is 1.47. The van der Waals surface area contributed by atoms with Crippen LogP contribution < -0.4 is 29.7 Å². The molecule has 0 spiro atoms. The molecule has 0 saturated carbocycles. The molecule has 200 valence electrons. The molecule has 0 saturated heterocycles. The largest absolute Gasteiger partial charge is 0.493 e. The van der Waals surface area contributed by atoms with Crippen LogP contribution >= 0.6 is 31.9 Å². The van der Waals surface area contributed by atoms with Crippen LogP contribution in [0.3, 0.4) is 0 Å². The van der Waals surface area contributed by atoms with Crippen molar-refractivity contribution in [2.75, 3.05) is 27.4 Å². The van der Waals surface area contributed by atoms with E-state index in [0.717, 1.165) is 10.0 Å². The molecule has 0 aromatic heterocycles. The van der Waals surface area contributed by atoms with Gasteiger partial charge in [-0.25, -0.2) is 5.43 Å². The maximum absolute atomic E-state index is 12.4. The van der Waals surface area contributed by atoms with Crippen LogP contribution in [-0.2, 0) is 11.4 Å². The van der Waals surface area contributed by atoms with E-state index in [2.05, 4.69) is 47.7 Å². The first-order valence-electron chi connectivity index (χ1n) is 11.5. The Morgan fingerprint density at radius 1 is 0.921 bits per heavy atom. The van der Waals surface area contributed by atoms with Crippen molar-refractivity contribution in [1.82, 2.24) is 10.7 Å². The van der Waals surface area contributed by atoms with Gasteiger partial charge in [0.15, 0.2) is 23.0 Å². The number of ether oxygens (including phenoxy) is 4. The molecule has 3 aromatic carbocycles. The molecule has 2 amide bonds. The first-order valence-corrected chi connectivity index (χ1v) is 13.1. The van der Waals surface area contributed by atoms with Crippen LogP contribution in [-0.4, -0.2) is 45.4 Å². The highest BCUT2D eigenvalue weighted by molar-refractivity contribution is 9.10. The van der Waals surface area contributed by atoms with E-state index in [-0.39, 0.29) is 6.54 Å². The summed E-state index contributed by atoms with van der Waals surface area (Å²) in [6.45, 7) is 2.42. The van der Waals surface area contributed by atoms with Crippen molar-refractivity contribution < 1.29 is 28.5 Å². The first-order chi connectivity index (χ1) is 18.3. The van der Waals surface area contributed by atoms with Gasteiger partial charge in [-0.05, 0) is 76.4 Å². The van der Waals surface area contributed by atoms with Gasteiger partial charge in [0.05, 0.1) is 38.1 Å². The lowest BCUT2D eigenvalue weighted by Crippen LogP contribution is -2.34. The summed E-state index contributed by atoms with van der Waals surface area (Å²) in [5.74, 6) is 1.08. The molecule has 11 heteroatoms. The minimum atomic E-state index is -0.492. The molecule has 0 fully saturated rings. The number of hydrazone groups is 1. The summed E-state index contributed by atoms with van der Waals surface area (Å²) in [5, 5.41) is 6.52. The van der Waals surface area contributed by atoms with Crippen LogP contribution in [0.4, 0.5) is 0 Å². The van der Waals surface area contributed by atoms with Crippen LogP contribution in [0.1, 0.15) is 28.4 Å². The first kappa shape index (κ1) is 29.0. The average Bonchev–Trinajstić information content (AvgIpc) is 2.92. The summed E-state index contributed by atoms with van der Waals surface area (Å²) < 4.78 is 23.8. The fraction of sp³-hybridized carbons (Fsp3) is 0.222. The van der Waals surface area contributed by atoms with Crippen LogP contribution in [0.25, 0.3) is 0 Å². The molecular weight excluding hydrogens is 622 g/mol. The molecule has 0 radical (unpaired) electrons. The third-order valence-corrected chi connectivity index (χ3v) is 6.20. The van der Waals surface area contributed by atoms with Crippen molar-refractivity contribution in [3.05, 3.63) is 80.2 Å². The summed E-state index contributed by atoms with van der Waals surface area (Å²) in [4.78, 5) is 24.6. The molecule has 0 aliphatic rings. The van der Waals surface area contributed by atoms with Crippen LogP contribution in [0.15, 0.2) is 68.6 Å². The number of benzene rings is 3. The van der Waals surface area contributed by atoms with Gasteiger partial charge in [0, 0.05) is 10.0 Å². The highest BCUT2D eigenvalue weighted by atomic mass is 79.9. The number of methoxy groups -OCH3 is 2. The van der Waals surface area contributed by atoms with Gasteiger partial charge < -0.3 is 24.3 Å². The highest BCUT2D eigenvalue weighted by Crippen LogP contribution is 2.37. The molecule has 9 nitrogen and oxygen atoms in total. The van der Waals surface area contributed by atoms with Crippen molar-refractivity contribution in [3.8, 4) is 23.0 Å². The smallest absolute Gasteiger partial charge is 0.259 e. The zero-order valence-electron chi connectivity index (χ0n) is 21.0. The summed E-state index contributed by atoms with van der Waals surface area (Å²) in [7, 11) is 2.98. The Balaban J connectivity index is 1.57. The number of carbonyl (C=O) groups is 2. The molecular formula is C27H27Br2N3O6. The zero-order valence-corrected chi connectivity index (χ0v) is 24.2. The van der Waals surface area contributed by atoms with Crippen molar-refractivity contribution in [2.24, 2.45) is 5.10 Å². The third-order valence-electron chi connectivity index (χ3n) is 5.09. The molecule has 0 heterocycles. The quantitative estimate of drug-likeness (QED) is 0.209. The van der Waals surface area contributed by atoms with Crippen molar-refractivity contribution >= 4 is 49.9 Å². The fourth-order valence-electron chi connectivity index (χ4n) is 3.26. The number of hydrogen-bond acceptors (Lipinski definition) is 7. The maximum Gasteiger partial charge on any atom is 0.259 e. The molecule has 0 bridgehead atoms. The Kier molecular flexibility index (Phi) is 11.0. The number of carbonyl (C=O) groups excluding carboxylic acids is 2. The Bertz CT molecular complexity index is 1300. The molecule has 0 atom stereocenters.